The third kappa shape index (κ3) is 4.42. The van der Waals surface area contributed by atoms with Crippen molar-refractivity contribution in [1.29, 1.82) is 0 Å². The van der Waals surface area contributed by atoms with Gasteiger partial charge in [-0.1, -0.05) is 18.2 Å². The molecule has 2 aromatic carbocycles. The van der Waals surface area contributed by atoms with Crippen LogP contribution in [-0.2, 0) is 9.53 Å². The normalized spacial score (nSPS) is 10.6. The lowest BCUT2D eigenvalue weighted by atomic mass is 10.1. The van der Waals surface area contributed by atoms with Crippen LogP contribution in [0.2, 0.25) is 0 Å². The summed E-state index contributed by atoms with van der Waals surface area (Å²) < 4.78 is 17.8. The predicted molar refractivity (Wildman–Crippen MR) is 94.2 cm³/mol. The number of thioether (sulfide) groups is 1. The number of pyridine rings is 1. The molecule has 0 aliphatic heterocycles. The van der Waals surface area contributed by atoms with Gasteiger partial charge in [-0.3, -0.25) is 14.6 Å². The van der Waals surface area contributed by atoms with Crippen LogP contribution in [0, 0.1) is 5.82 Å². The second kappa shape index (κ2) is 7.90. The number of hydrogen-bond donors (Lipinski definition) is 0. The second-order valence-corrected chi connectivity index (χ2v) is 6.23. The van der Waals surface area contributed by atoms with E-state index in [0.29, 0.717) is 5.56 Å². The van der Waals surface area contributed by atoms with Gasteiger partial charge in [-0.25, -0.2) is 4.39 Å². The molecule has 1 aromatic heterocycles. The molecule has 3 rings (SSSR count). The summed E-state index contributed by atoms with van der Waals surface area (Å²) >= 11 is 1.31. The summed E-state index contributed by atoms with van der Waals surface area (Å²) in [6.07, 6.45) is 1.70. The summed E-state index contributed by atoms with van der Waals surface area (Å²) in [5.74, 6) is -1.21. The van der Waals surface area contributed by atoms with Crippen LogP contribution < -0.4 is 0 Å². The lowest BCUT2D eigenvalue weighted by Gasteiger charge is -2.06. The minimum atomic E-state index is -0.492. The minimum absolute atomic E-state index is 0.0758. The van der Waals surface area contributed by atoms with Gasteiger partial charge in [-0.05, 0) is 36.4 Å². The van der Waals surface area contributed by atoms with Crippen molar-refractivity contribution < 1.29 is 18.7 Å². The Kier molecular flexibility index (Phi) is 5.40. The van der Waals surface area contributed by atoms with E-state index in [2.05, 4.69) is 4.98 Å². The Hall–Kier alpha value is -2.73. The van der Waals surface area contributed by atoms with Gasteiger partial charge in [0.2, 0.25) is 0 Å². The van der Waals surface area contributed by atoms with E-state index in [0.717, 1.165) is 15.8 Å². The Morgan fingerprint density at radius 3 is 2.60 bits per heavy atom. The topological polar surface area (TPSA) is 56.3 Å². The van der Waals surface area contributed by atoms with E-state index in [1.54, 1.807) is 6.20 Å². The highest BCUT2D eigenvalue weighted by atomic mass is 32.2. The van der Waals surface area contributed by atoms with E-state index in [4.69, 9.17) is 4.74 Å². The molecule has 0 fully saturated rings. The fraction of sp³-hybridized carbons (Fsp3) is 0.105. The van der Waals surface area contributed by atoms with Gasteiger partial charge >= 0.3 is 5.97 Å². The van der Waals surface area contributed by atoms with Crippen LogP contribution in [0.25, 0.3) is 10.9 Å². The molecule has 0 N–H and O–H groups in total. The van der Waals surface area contributed by atoms with Crippen LogP contribution >= 0.6 is 11.8 Å². The van der Waals surface area contributed by atoms with E-state index < -0.39 is 11.8 Å². The average molecular weight is 355 g/mol. The molecule has 126 valence electrons. The number of fused-ring (bicyclic) bond motifs is 1. The lowest BCUT2D eigenvalue weighted by Crippen LogP contribution is -2.15. The third-order valence-electron chi connectivity index (χ3n) is 3.47. The van der Waals surface area contributed by atoms with Crippen molar-refractivity contribution in [3.63, 3.8) is 0 Å². The van der Waals surface area contributed by atoms with E-state index in [9.17, 15) is 14.0 Å². The molecule has 0 amide bonds. The zero-order valence-corrected chi connectivity index (χ0v) is 14.0. The number of nitrogens with zero attached hydrogens (tertiary/aromatic N) is 1. The second-order valence-electron chi connectivity index (χ2n) is 5.21. The van der Waals surface area contributed by atoms with Crippen molar-refractivity contribution in [2.45, 2.75) is 4.90 Å². The number of carbonyl (C=O) groups excluding carboxylic acids is 2. The highest BCUT2D eigenvalue weighted by Gasteiger charge is 2.11. The minimum Gasteiger partial charge on any atom is -0.457 e. The number of carbonyl (C=O) groups is 2. The average Bonchev–Trinajstić information content (AvgIpc) is 2.65. The Bertz CT molecular complexity index is 907. The molecule has 0 unspecified atom stereocenters. The van der Waals surface area contributed by atoms with Crippen molar-refractivity contribution in [3.05, 3.63) is 72.2 Å². The summed E-state index contributed by atoms with van der Waals surface area (Å²) in [4.78, 5) is 29.0. The van der Waals surface area contributed by atoms with E-state index in [1.807, 2.05) is 30.3 Å². The van der Waals surface area contributed by atoms with Crippen LogP contribution in [0.3, 0.4) is 0 Å². The van der Waals surface area contributed by atoms with E-state index in [-0.39, 0.29) is 18.1 Å². The van der Waals surface area contributed by atoms with Crippen molar-refractivity contribution in [3.8, 4) is 0 Å². The smallest absolute Gasteiger partial charge is 0.316 e. The molecule has 0 spiro atoms. The first-order valence-corrected chi connectivity index (χ1v) is 8.53. The van der Waals surface area contributed by atoms with Gasteiger partial charge in [0.25, 0.3) is 0 Å². The molecule has 0 aliphatic rings. The van der Waals surface area contributed by atoms with Gasteiger partial charge in [0.1, 0.15) is 5.82 Å². The molecular formula is C19H14FNO3S. The fourth-order valence-electron chi connectivity index (χ4n) is 2.24. The number of aromatic nitrogens is 1. The van der Waals surface area contributed by atoms with Crippen LogP contribution in [0.1, 0.15) is 10.4 Å². The summed E-state index contributed by atoms with van der Waals surface area (Å²) in [7, 11) is 0. The lowest BCUT2D eigenvalue weighted by molar-refractivity contribution is -0.139. The van der Waals surface area contributed by atoms with Gasteiger partial charge in [-0.15, -0.1) is 11.8 Å². The monoisotopic (exact) mass is 355 g/mol. The summed E-state index contributed by atoms with van der Waals surface area (Å²) in [6, 6.07) is 14.7. The standard InChI is InChI=1S/C19H14FNO3S/c20-15-8-6-13(7-9-15)16(22)11-24-18(23)12-25-17-5-1-3-14-4-2-10-21-19(14)17/h1-10H,11-12H2. The molecular weight excluding hydrogens is 341 g/mol. The molecule has 0 bridgehead atoms. The Balaban J connectivity index is 1.54. The maximum absolute atomic E-state index is 12.8. The summed E-state index contributed by atoms with van der Waals surface area (Å²) in [6.45, 7) is -0.362. The maximum Gasteiger partial charge on any atom is 0.316 e. The van der Waals surface area contributed by atoms with E-state index in [1.165, 1.54) is 36.0 Å². The van der Waals surface area contributed by atoms with Crippen molar-refractivity contribution in [2.75, 3.05) is 12.4 Å². The number of halogens is 1. The first-order valence-electron chi connectivity index (χ1n) is 7.54. The number of esters is 1. The van der Waals surface area contributed by atoms with Gasteiger partial charge < -0.3 is 4.74 Å². The summed E-state index contributed by atoms with van der Waals surface area (Å²) in [5.41, 5.74) is 1.13. The number of benzene rings is 2. The van der Waals surface area contributed by atoms with Crippen LogP contribution in [-0.4, -0.2) is 29.1 Å². The van der Waals surface area contributed by atoms with Crippen molar-refractivity contribution in [1.82, 2.24) is 4.98 Å². The Labute approximate surface area is 148 Å². The molecule has 0 radical (unpaired) electrons. The van der Waals surface area contributed by atoms with Crippen LogP contribution in [0.15, 0.2) is 65.7 Å². The number of Topliss-reactive ketones (excluding diaryl/α,β-unsaturated/α-hetero) is 1. The van der Waals surface area contributed by atoms with Crippen LogP contribution in [0.5, 0.6) is 0 Å². The molecule has 25 heavy (non-hydrogen) atoms. The quantitative estimate of drug-likeness (QED) is 0.381. The fourth-order valence-corrected chi connectivity index (χ4v) is 3.07. The molecule has 0 saturated heterocycles. The molecule has 1 heterocycles. The Morgan fingerprint density at radius 1 is 1.04 bits per heavy atom. The molecule has 4 nitrogen and oxygen atoms in total. The largest absolute Gasteiger partial charge is 0.457 e. The number of ether oxygens (including phenoxy) is 1. The van der Waals surface area contributed by atoms with Crippen molar-refractivity contribution in [2.24, 2.45) is 0 Å². The Morgan fingerprint density at radius 2 is 1.80 bits per heavy atom. The molecule has 0 atom stereocenters. The number of ketones is 1. The SMILES string of the molecule is O=C(CSc1cccc2cccnc12)OCC(=O)c1ccc(F)cc1. The highest BCUT2D eigenvalue weighted by Crippen LogP contribution is 2.26. The zero-order chi connectivity index (χ0) is 17.6. The predicted octanol–water partition coefficient (Wildman–Crippen LogP) is 3.89. The van der Waals surface area contributed by atoms with Crippen molar-refractivity contribution >= 4 is 34.4 Å². The van der Waals surface area contributed by atoms with Crippen LogP contribution in [0.4, 0.5) is 4.39 Å². The van der Waals surface area contributed by atoms with Gasteiger partial charge in [0, 0.05) is 22.0 Å². The molecule has 3 aromatic rings. The number of para-hydroxylation sites is 1. The molecule has 0 saturated carbocycles. The number of hydrogen-bond acceptors (Lipinski definition) is 5. The number of rotatable bonds is 6. The molecule has 6 heteroatoms. The van der Waals surface area contributed by atoms with E-state index >= 15 is 0 Å². The molecule has 0 aliphatic carbocycles. The van der Waals surface area contributed by atoms with Gasteiger partial charge in [0.15, 0.2) is 12.4 Å². The first-order chi connectivity index (χ1) is 12.1. The highest BCUT2D eigenvalue weighted by molar-refractivity contribution is 8.00. The maximum atomic E-state index is 12.8. The van der Waals surface area contributed by atoms with Gasteiger partial charge in [0.05, 0.1) is 11.3 Å². The third-order valence-corrected chi connectivity index (χ3v) is 4.49. The first kappa shape index (κ1) is 17.1. The zero-order valence-electron chi connectivity index (χ0n) is 13.1. The summed E-state index contributed by atoms with van der Waals surface area (Å²) in [5, 5.41) is 0.993. The van der Waals surface area contributed by atoms with Gasteiger partial charge in [-0.2, -0.15) is 0 Å².